The number of halogens is 5. The summed E-state index contributed by atoms with van der Waals surface area (Å²) in [7, 11) is 1.98. The van der Waals surface area contributed by atoms with Crippen LogP contribution in [-0.2, 0) is 16.1 Å². The van der Waals surface area contributed by atoms with Gasteiger partial charge in [-0.05, 0) is 76.1 Å². The molecule has 0 bridgehead atoms. The van der Waals surface area contributed by atoms with E-state index in [1.165, 1.54) is 12.1 Å². The molecular formula is C33H44Cl2F3N3O5. The minimum atomic E-state index is -4.47. The average molecular weight is 691 g/mol. The van der Waals surface area contributed by atoms with Crippen LogP contribution in [0.2, 0.25) is 10.0 Å². The van der Waals surface area contributed by atoms with E-state index in [1.807, 2.05) is 33.0 Å². The largest absolute Gasteiger partial charge is 0.490 e. The summed E-state index contributed by atoms with van der Waals surface area (Å²) in [5, 5.41) is 13.6. The molecule has 3 rings (SSSR count). The van der Waals surface area contributed by atoms with Crippen molar-refractivity contribution in [1.82, 2.24) is 9.80 Å². The normalized spacial score (nSPS) is 20.9. The molecule has 1 aliphatic heterocycles. The number of carbonyl (C=O) groups excluding carboxylic acids is 2. The second-order valence-electron chi connectivity index (χ2n) is 12.1. The zero-order valence-corrected chi connectivity index (χ0v) is 28.2. The Bertz CT molecular complexity index is 1320. The van der Waals surface area contributed by atoms with Crippen molar-refractivity contribution < 1.29 is 37.3 Å². The van der Waals surface area contributed by atoms with Gasteiger partial charge in [-0.2, -0.15) is 13.2 Å². The third kappa shape index (κ3) is 11.9. The Morgan fingerprint density at radius 1 is 1.15 bits per heavy atom. The van der Waals surface area contributed by atoms with E-state index in [0.717, 1.165) is 18.4 Å². The molecule has 2 aromatic rings. The molecule has 0 spiro atoms. The van der Waals surface area contributed by atoms with E-state index in [1.54, 1.807) is 24.0 Å². The number of hydrogen-bond acceptors (Lipinski definition) is 6. The van der Waals surface area contributed by atoms with E-state index >= 15 is 0 Å². The van der Waals surface area contributed by atoms with E-state index in [4.69, 9.17) is 32.7 Å². The van der Waals surface area contributed by atoms with Crippen LogP contribution in [0.4, 0.5) is 18.9 Å². The fourth-order valence-electron chi connectivity index (χ4n) is 5.26. The Morgan fingerprint density at radius 3 is 2.57 bits per heavy atom. The molecule has 256 valence electrons. The van der Waals surface area contributed by atoms with Crippen molar-refractivity contribution in [2.45, 2.75) is 83.8 Å². The quantitative estimate of drug-likeness (QED) is 0.289. The number of aliphatic hydroxyl groups is 1. The molecule has 0 radical (unpaired) electrons. The second-order valence-corrected chi connectivity index (χ2v) is 12.9. The molecule has 0 saturated heterocycles. The van der Waals surface area contributed by atoms with E-state index in [0.29, 0.717) is 41.9 Å². The van der Waals surface area contributed by atoms with E-state index < -0.39 is 36.9 Å². The number of ether oxygens (including phenoxy) is 2. The van der Waals surface area contributed by atoms with Crippen LogP contribution in [0.3, 0.4) is 0 Å². The molecule has 1 aliphatic rings. The summed E-state index contributed by atoms with van der Waals surface area (Å²) in [6, 6.07) is 9.40. The minimum Gasteiger partial charge on any atom is -0.490 e. The SMILES string of the molecule is C[C@@H]1CCCCO[C@H](CN(C)Cc2ccc(Cl)c(Cl)c2)[C@@H](C)CN([C@@H](C)CO)C(=O)c2cc(NC(=O)CCC(F)(F)F)ccc2O1. The smallest absolute Gasteiger partial charge is 0.389 e. The van der Waals surface area contributed by atoms with Gasteiger partial charge in [-0.3, -0.25) is 14.5 Å². The molecule has 1 heterocycles. The highest BCUT2D eigenvalue weighted by atomic mass is 35.5. The Hall–Kier alpha value is -2.57. The predicted octanol–water partition coefficient (Wildman–Crippen LogP) is 7.20. The van der Waals surface area contributed by atoms with Gasteiger partial charge in [0.25, 0.3) is 5.91 Å². The fourth-order valence-corrected chi connectivity index (χ4v) is 5.58. The number of benzene rings is 2. The first kappa shape index (κ1) is 37.9. The Balaban J connectivity index is 1.88. The lowest BCUT2D eigenvalue weighted by Gasteiger charge is -2.36. The van der Waals surface area contributed by atoms with Crippen LogP contribution < -0.4 is 10.1 Å². The number of nitrogens with one attached hydrogen (secondary N) is 1. The molecule has 4 atom stereocenters. The summed E-state index contributed by atoms with van der Waals surface area (Å²) in [4.78, 5) is 30.1. The standard InChI is InChI=1S/C33H44Cl2F3N3O5/c1-21-17-41(22(2)20-42)32(44)26-16-25(39-31(43)12-13-33(36,37)38)9-11-29(26)46-23(3)7-5-6-14-45-30(21)19-40(4)18-24-8-10-27(34)28(35)15-24/h8-11,15-16,21-23,30,42H,5-7,12-14,17-20H2,1-4H3,(H,39,43)/t21-,22-,23+,30+/m0/s1. The average Bonchev–Trinajstić information content (AvgIpc) is 2.99. The van der Waals surface area contributed by atoms with Crippen LogP contribution in [0.25, 0.3) is 0 Å². The number of anilines is 1. The zero-order valence-electron chi connectivity index (χ0n) is 26.7. The summed E-state index contributed by atoms with van der Waals surface area (Å²) in [6.45, 7) is 7.23. The molecule has 46 heavy (non-hydrogen) atoms. The van der Waals surface area contributed by atoms with E-state index in [9.17, 15) is 27.9 Å². The first-order chi connectivity index (χ1) is 21.7. The highest BCUT2D eigenvalue weighted by molar-refractivity contribution is 6.42. The number of hydrogen-bond donors (Lipinski definition) is 2. The molecule has 2 N–H and O–H groups in total. The maximum Gasteiger partial charge on any atom is 0.389 e. The monoisotopic (exact) mass is 689 g/mol. The molecular weight excluding hydrogens is 646 g/mol. The van der Waals surface area contributed by atoms with Gasteiger partial charge < -0.3 is 24.8 Å². The van der Waals surface area contributed by atoms with Crippen molar-refractivity contribution >= 4 is 40.7 Å². The number of nitrogens with zero attached hydrogens (tertiary/aromatic N) is 2. The van der Waals surface area contributed by atoms with Gasteiger partial charge in [0, 0.05) is 44.3 Å². The van der Waals surface area contributed by atoms with Gasteiger partial charge in [0.15, 0.2) is 0 Å². The molecule has 2 amide bonds. The third-order valence-corrected chi connectivity index (χ3v) is 8.64. The van der Waals surface area contributed by atoms with Gasteiger partial charge in [0.2, 0.25) is 5.91 Å². The number of carbonyl (C=O) groups is 2. The first-order valence-electron chi connectivity index (χ1n) is 15.5. The lowest BCUT2D eigenvalue weighted by molar-refractivity contribution is -0.142. The van der Waals surface area contributed by atoms with Crippen LogP contribution in [0.15, 0.2) is 36.4 Å². The lowest BCUT2D eigenvalue weighted by Crippen LogP contribution is -2.47. The van der Waals surface area contributed by atoms with Crippen molar-refractivity contribution in [3.05, 3.63) is 57.6 Å². The van der Waals surface area contributed by atoms with Gasteiger partial charge >= 0.3 is 6.18 Å². The third-order valence-electron chi connectivity index (χ3n) is 7.90. The highest BCUT2D eigenvalue weighted by Gasteiger charge is 2.31. The van der Waals surface area contributed by atoms with Crippen molar-refractivity contribution in [2.24, 2.45) is 5.92 Å². The van der Waals surface area contributed by atoms with Crippen molar-refractivity contribution in [3.8, 4) is 5.75 Å². The van der Waals surface area contributed by atoms with Gasteiger partial charge in [-0.1, -0.05) is 36.2 Å². The molecule has 8 nitrogen and oxygen atoms in total. The van der Waals surface area contributed by atoms with Crippen LogP contribution >= 0.6 is 23.2 Å². The van der Waals surface area contributed by atoms with Crippen LogP contribution in [0, 0.1) is 5.92 Å². The van der Waals surface area contributed by atoms with Crippen LogP contribution in [0.1, 0.15) is 68.8 Å². The maximum atomic E-state index is 14.2. The number of amides is 2. The summed E-state index contributed by atoms with van der Waals surface area (Å²) >= 11 is 12.3. The van der Waals surface area contributed by atoms with Gasteiger partial charge in [-0.15, -0.1) is 0 Å². The van der Waals surface area contributed by atoms with Crippen LogP contribution in [-0.4, -0.2) is 84.5 Å². The second kappa shape index (κ2) is 17.5. The van der Waals surface area contributed by atoms with E-state index in [-0.39, 0.29) is 42.5 Å². The number of likely N-dealkylation sites (N-methyl/N-ethyl adjacent to an activating group) is 1. The lowest BCUT2D eigenvalue weighted by atomic mass is 10.0. The Morgan fingerprint density at radius 2 is 1.89 bits per heavy atom. The topological polar surface area (TPSA) is 91.3 Å². The summed E-state index contributed by atoms with van der Waals surface area (Å²) in [5.74, 6) is -1.13. The summed E-state index contributed by atoms with van der Waals surface area (Å²) in [6.07, 6.45) is -4.65. The first-order valence-corrected chi connectivity index (χ1v) is 16.3. The molecule has 0 aliphatic carbocycles. The molecule has 0 fully saturated rings. The van der Waals surface area contributed by atoms with Gasteiger partial charge in [0.1, 0.15) is 5.75 Å². The highest BCUT2D eigenvalue weighted by Crippen LogP contribution is 2.29. The molecule has 0 unspecified atom stereocenters. The number of fused-ring (bicyclic) bond motifs is 1. The van der Waals surface area contributed by atoms with Gasteiger partial charge in [-0.25, -0.2) is 0 Å². The number of rotatable bonds is 9. The minimum absolute atomic E-state index is 0.138. The van der Waals surface area contributed by atoms with E-state index in [2.05, 4.69) is 10.2 Å². The fraction of sp³-hybridized carbons (Fsp3) is 0.576. The molecule has 0 saturated carbocycles. The molecule has 0 aromatic heterocycles. The predicted molar refractivity (Wildman–Crippen MR) is 174 cm³/mol. The number of alkyl halides is 3. The van der Waals surface area contributed by atoms with Crippen molar-refractivity contribution in [1.29, 1.82) is 0 Å². The molecule has 13 heteroatoms. The molecule has 2 aromatic carbocycles. The number of aliphatic hydroxyl groups excluding tert-OH is 1. The van der Waals surface area contributed by atoms with Crippen LogP contribution in [0.5, 0.6) is 5.75 Å². The Kier molecular flexibility index (Phi) is 14.4. The summed E-state index contributed by atoms with van der Waals surface area (Å²) < 4.78 is 50.5. The zero-order chi connectivity index (χ0) is 34.0. The van der Waals surface area contributed by atoms with Gasteiger partial charge in [0.05, 0.1) is 46.9 Å². The van der Waals surface area contributed by atoms with Crippen molar-refractivity contribution in [2.75, 3.05) is 38.7 Å². The summed E-state index contributed by atoms with van der Waals surface area (Å²) in [5.41, 5.74) is 1.30. The van der Waals surface area contributed by atoms with Crippen molar-refractivity contribution in [3.63, 3.8) is 0 Å². The Labute approximate surface area is 279 Å². The maximum absolute atomic E-state index is 14.2.